The molecule has 1 aromatic heterocycles. The average Bonchev–Trinajstić information content (AvgIpc) is 2.72. The number of hydrogen-bond donors (Lipinski definition) is 0. The molecular formula is C21H18F3NO5S. The molecule has 6 nitrogen and oxygen atoms in total. The number of aromatic nitrogens is 1. The maximum Gasteiger partial charge on any atom is 0.573 e. The Hall–Kier alpha value is -3.27. The van der Waals surface area contributed by atoms with Crippen molar-refractivity contribution in [1.29, 1.82) is 0 Å². The molecule has 0 N–H and O–H groups in total. The Labute approximate surface area is 177 Å². The van der Waals surface area contributed by atoms with Crippen LogP contribution in [0, 0.1) is 0 Å². The Morgan fingerprint density at radius 1 is 0.871 bits per heavy atom. The minimum absolute atomic E-state index is 0.0891. The molecule has 0 saturated carbocycles. The Morgan fingerprint density at radius 2 is 1.55 bits per heavy atom. The molecule has 0 bridgehead atoms. The van der Waals surface area contributed by atoms with Crippen molar-refractivity contribution < 1.29 is 35.8 Å². The van der Waals surface area contributed by atoms with Crippen molar-refractivity contribution in [3.63, 3.8) is 0 Å². The number of rotatable bonds is 7. The molecule has 0 aliphatic carbocycles. The molecule has 0 aliphatic rings. The predicted molar refractivity (Wildman–Crippen MR) is 107 cm³/mol. The summed E-state index contributed by atoms with van der Waals surface area (Å²) in [6.07, 6.45) is -1.99. The summed E-state index contributed by atoms with van der Waals surface area (Å²) in [5, 5.41) is 0. The number of halogens is 3. The minimum Gasteiger partial charge on any atom is -0.497 e. The number of sulfone groups is 1. The average molecular weight is 453 g/mol. The Bertz CT molecular complexity index is 1160. The summed E-state index contributed by atoms with van der Waals surface area (Å²) in [5.74, 6) is -0.565. The van der Waals surface area contributed by atoms with Crippen LogP contribution in [0.2, 0.25) is 0 Å². The maximum atomic E-state index is 13.0. The minimum atomic E-state index is -4.95. The van der Waals surface area contributed by atoms with Gasteiger partial charge in [0.2, 0.25) is 0 Å². The molecule has 31 heavy (non-hydrogen) atoms. The van der Waals surface area contributed by atoms with E-state index in [2.05, 4.69) is 9.72 Å². The van der Waals surface area contributed by atoms with Crippen LogP contribution in [0.1, 0.15) is 5.56 Å². The zero-order valence-corrected chi connectivity index (χ0v) is 17.3. The lowest BCUT2D eigenvalue weighted by atomic mass is 10.1. The lowest BCUT2D eigenvalue weighted by molar-refractivity contribution is -0.274. The van der Waals surface area contributed by atoms with Crippen molar-refractivity contribution in [2.24, 2.45) is 0 Å². The first kappa shape index (κ1) is 22.4. The molecule has 0 amide bonds. The summed E-state index contributed by atoms with van der Waals surface area (Å²) in [6, 6.07) is 11.7. The molecule has 3 rings (SSSR count). The summed E-state index contributed by atoms with van der Waals surface area (Å²) in [7, 11) is -1.30. The van der Waals surface area contributed by atoms with E-state index in [0.29, 0.717) is 16.9 Å². The number of ether oxygens (including phenoxy) is 3. The quantitative estimate of drug-likeness (QED) is 0.519. The van der Waals surface area contributed by atoms with Crippen LogP contribution in [0.5, 0.6) is 17.2 Å². The van der Waals surface area contributed by atoms with Gasteiger partial charge in [0.15, 0.2) is 9.84 Å². The Balaban J connectivity index is 1.92. The summed E-state index contributed by atoms with van der Waals surface area (Å²) in [4.78, 5) is 3.68. The molecule has 0 aliphatic heterocycles. The van der Waals surface area contributed by atoms with Gasteiger partial charge < -0.3 is 14.2 Å². The van der Waals surface area contributed by atoms with Crippen LogP contribution in [0.3, 0.4) is 0 Å². The normalized spacial score (nSPS) is 11.8. The summed E-state index contributed by atoms with van der Waals surface area (Å²) in [6.45, 7) is 0. The van der Waals surface area contributed by atoms with Gasteiger partial charge in [-0.2, -0.15) is 0 Å². The van der Waals surface area contributed by atoms with Crippen molar-refractivity contribution in [2.75, 3.05) is 14.2 Å². The topological polar surface area (TPSA) is 74.7 Å². The van der Waals surface area contributed by atoms with Crippen molar-refractivity contribution in [3.05, 3.63) is 66.5 Å². The fourth-order valence-corrected chi connectivity index (χ4v) is 4.41. The third kappa shape index (κ3) is 5.66. The number of nitrogens with zero attached hydrogens (tertiary/aromatic N) is 1. The molecule has 0 saturated heterocycles. The highest BCUT2D eigenvalue weighted by molar-refractivity contribution is 7.90. The fourth-order valence-electron chi connectivity index (χ4n) is 2.90. The molecule has 0 fully saturated rings. The van der Waals surface area contributed by atoms with Gasteiger partial charge in [-0.15, -0.1) is 13.2 Å². The van der Waals surface area contributed by atoms with Crippen LogP contribution in [0.4, 0.5) is 13.2 Å². The number of pyridine rings is 1. The highest BCUT2D eigenvalue weighted by Crippen LogP contribution is 2.33. The van der Waals surface area contributed by atoms with Crippen molar-refractivity contribution in [1.82, 2.24) is 4.98 Å². The third-order valence-electron chi connectivity index (χ3n) is 4.28. The van der Waals surface area contributed by atoms with E-state index in [1.165, 1.54) is 13.3 Å². The van der Waals surface area contributed by atoms with Crippen LogP contribution in [-0.2, 0) is 15.6 Å². The van der Waals surface area contributed by atoms with E-state index in [0.717, 1.165) is 23.8 Å². The summed E-state index contributed by atoms with van der Waals surface area (Å²) in [5.41, 5.74) is 1.83. The highest BCUT2D eigenvalue weighted by atomic mass is 32.2. The molecular weight excluding hydrogens is 435 g/mol. The maximum absolute atomic E-state index is 13.0. The third-order valence-corrected chi connectivity index (χ3v) is 5.98. The molecule has 0 unspecified atom stereocenters. The predicted octanol–water partition coefficient (Wildman–Crippen LogP) is 4.64. The first-order valence-electron chi connectivity index (χ1n) is 8.86. The van der Waals surface area contributed by atoms with Gasteiger partial charge in [0.1, 0.15) is 22.1 Å². The van der Waals surface area contributed by atoms with E-state index in [1.54, 1.807) is 43.6 Å². The number of alkyl halides is 3. The number of methoxy groups -OCH3 is 2. The van der Waals surface area contributed by atoms with Gasteiger partial charge in [-0.3, -0.25) is 4.98 Å². The first-order chi connectivity index (χ1) is 14.6. The van der Waals surface area contributed by atoms with Gasteiger partial charge in [0.25, 0.3) is 0 Å². The van der Waals surface area contributed by atoms with Crippen LogP contribution in [-0.4, -0.2) is 34.0 Å². The van der Waals surface area contributed by atoms with Gasteiger partial charge >= 0.3 is 6.36 Å². The van der Waals surface area contributed by atoms with E-state index >= 15 is 0 Å². The molecule has 0 atom stereocenters. The number of benzene rings is 2. The van der Waals surface area contributed by atoms with Crippen molar-refractivity contribution in [3.8, 4) is 28.4 Å². The second-order valence-electron chi connectivity index (χ2n) is 6.43. The van der Waals surface area contributed by atoms with Crippen LogP contribution >= 0.6 is 0 Å². The standard InChI is InChI=1S/C21H18F3NO5S/c1-28-17-5-3-15(4-6-17)16-9-14(11-25-12-16)13-31(26,27)20-10-18(30-21(22,23)24)7-8-19(20)29-2/h3-12H,13H2,1-2H3. The lowest BCUT2D eigenvalue weighted by Crippen LogP contribution is -2.17. The van der Waals surface area contributed by atoms with E-state index in [9.17, 15) is 21.6 Å². The molecule has 1 heterocycles. The van der Waals surface area contributed by atoms with Gasteiger partial charge in [-0.1, -0.05) is 12.1 Å². The summed E-state index contributed by atoms with van der Waals surface area (Å²) < 4.78 is 77.5. The Morgan fingerprint density at radius 3 is 2.16 bits per heavy atom. The van der Waals surface area contributed by atoms with Gasteiger partial charge in [0.05, 0.1) is 20.0 Å². The zero-order chi connectivity index (χ0) is 22.6. The molecule has 2 aromatic carbocycles. The van der Waals surface area contributed by atoms with E-state index in [1.807, 2.05) is 0 Å². The largest absolute Gasteiger partial charge is 0.573 e. The molecule has 3 aromatic rings. The van der Waals surface area contributed by atoms with Crippen molar-refractivity contribution in [2.45, 2.75) is 17.0 Å². The van der Waals surface area contributed by atoms with Gasteiger partial charge in [-0.25, -0.2) is 8.42 Å². The smallest absolute Gasteiger partial charge is 0.497 e. The molecule has 10 heteroatoms. The van der Waals surface area contributed by atoms with Crippen molar-refractivity contribution >= 4 is 9.84 Å². The zero-order valence-electron chi connectivity index (χ0n) is 16.5. The molecule has 164 valence electrons. The Kier molecular flexibility index (Phi) is 6.40. The monoisotopic (exact) mass is 453 g/mol. The SMILES string of the molecule is COc1ccc(-c2cncc(CS(=O)(=O)c3cc(OC(F)(F)F)ccc3OC)c2)cc1. The first-order valence-corrected chi connectivity index (χ1v) is 10.5. The fraction of sp³-hybridized carbons (Fsp3) is 0.190. The molecule has 0 radical (unpaired) electrons. The summed E-state index contributed by atoms with van der Waals surface area (Å²) >= 11 is 0. The van der Waals surface area contributed by atoms with E-state index < -0.39 is 32.6 Å². The van der Waals surface area contributed by atoms with E-state index in [-0.39, 0.29) is 5.75 Å². The van der Waals surface area contributed by atoms with E-state index in [4.69, 9.17) is 9.47 Å². The highest BCUT2D eigenvalue weighted by Gasteiger charge is 2.32. The second-order valence-corrected chi connectivity index (χ2v) is 8.39. The lowest BCUT2D eigenvalue weighted by Gasteiger charge is -2.14. The second kappa shape index (κ2) is 8.84. The van der Waals surface area contributed by atoms with Crippen LogP contribution in [0.25, 0.3) is 11.1 Å². The number of hydrogen-bond acceptors (Lipinski definition) is 6. The van der Waals surface area contributed by atoms with Crippen LogP contribution in [0.15, 0.2) is 65.8 Å². The van der Waals surface area contributed by atoms with Gasteiger partial charge in [0, 0.05) is 24.0 Å². The van der Waals surface area contributed by atoms with Gasteiger partial charge in [-0.05, 0) is 41.5 Å². The van der Waals surface area contributed by atoms with Crippen LogP contribution < -0.4 is 14.2 Å². The molecule has 0 spiro atoms.